The van der Waals surface area contributed by atoms with E-state index in [1.165, 1.54) is 51.4 Å². The number of hydrogen-bond acceptors (Lipinski definition) is 1. The van der Waals surface area contributed by atoms with Crippen molar-refractivity contribution in [3.05, 3.63) is 0 Å². The first kappa shape index (κ1) is 9.51. The summed E-state index contributed by atoms with van der Waals surface area (Å²) >= 11 is 0. The normalized spacial score (nSPS) is 39.9. The average molecular weight is 182 g/mol. The van der Waals surface area contributed by atoms with Crippen molar-refractivity contribution in [3.8, 4) is 0 Å². The lowest BCUT2D eigenvalue weighted by molar-refractivity contribution is -0.0354. The van der Waals surface area contributed by atoms with Gasteiger partial charge in [0.15, 0.2) is 0 Å². The molecule has 1 spiro atoms. The zero-order chi connectivity index (χ0) is 9.15. The van der Waals surface area contributed by atoms with E-state index in [4.69, 9.17) is 4.74 Å². The zero-order valence-electron chi connectivity index (χ0n) is 8.85. The Bertz CT molecular complexity index is 149. The minimum absolute atomic E-state index is 0.351. The van der Waals surface area contributed by atoms with Gasteiger partial charge in [0.1, 0.15) is 0 Å². The Morgan fingerprint density at radius 1 is 1.23 bits per heavy atom. The van der Waals surface area contributed by atoms with E-state index in [1.54, 1.807) is 0 Å². The highest BCUT2D eigenvalue weighted by molar-refractivity contribution is 4.89. The fourth-order valence-electron chi connectivity index (χ4n) is 3.05. The minimum Gasteiger partial charge on any atom is -0.375 e. The number of rotatable bonds is 2. The van der Waals surface area contributed by atoms with Crippen LogP contribution in [0.3, 0.4) is 0 Å². The van der Waals surface area contributed by atoms with Crippen LogP contribution in [-0.4, -0.2) is 12.2 Å². The summed E-state index contributed by atoms with van der Waals surface area (Å²) in [7, 11) is 0. The molecule has 1 aliphatic heterocycles. The summed E-state index contributed by atoms with van der Waals surface area (Å²) in [4.78, 5) is 0. The highest BCUT2D eigenvalue weighted by atomic mass is 16.5. The third-order valence-corrected chi connectivity index (χ3v) is 3.90. The molecular formula is C12H22O. The maximum Gasteiger partial charge on any atom is 0.0683 e. The van der Waals surface area contributed by atoms with Crippen molar-refractivity contribution in [1.82, 2.24) is 0 Å². The fraction of sp³-hybridized carbons (Fsp3) is 1.00. The third kappa shape index (κ3) is 2.07. The predicted molar refractivity (Wildman–Crippen MR) is 54.8 cm³/mol. The van der Waals surface area contributed by atoms with Crippen LogP contribution in [0.2, 0.25) is 0 Å². The Labute approximate surface area is 81.9 Å². The van der Waals surface area contributed by atoms with Gasteiger partial charge in [-0.25, -0.2) is 0 Å². The van der Waals surface area contributed by atoms with Crippen molar-refractivity contribution in [3.63, 3.8) is 0 Å². The van der Waals surface area contributed by atoms with Crippen molar-refractivity contribution in [2.75, 3.05) is 6.61 Å². The molecule has 1 aliphatic carbocycles. The first-order chi connectivity index (χ1) is 6.35. The minimum atomic E-state index is 0.351. The van der Waals surface area contributed by atoms with Crippen LogP contribution in [0.15, 0.2) is 0 Å². The molecule has 0 aromatic carbocycles. The quantitative estimate of drug-likeness (QED) is 0.635. The fourth-order valence-corrected chi connectivity index (χ4v) is 3.05. The van der Waals surface area contributed by atoms with Crippen LogP contribution in [0, 0.1) is 5.92 Å². The van der Waals surface area contributed by atoms with Crippen LogP contribution in [0.4, 0.5) is 0 Å². The van der Waals surface area contributed by atoms with Crippen molar-refractivity contribution in [2.24, 2.45) is 5.92 Å². The molecule has 0 radical (unpaired) electrons. The molecule has 1 saturated carbocycles. The largest absolute Gasteiger partial charge is 0.375 e. The van der Waals surface area contributed by atoms with Gasteiger partial charge >= 0.3 is 0 Å². The maximum atomic E-state index is 5.91. The molecule has 76 valence electrons. The summed E-state index contributed by atoms with van der Waals surface area (Å²) in [5.74, 6) is 1.01. The third-order valence-electron chi connectivity index (χ3n) is 3.90. The maximum absolute atomic E-state index is 5.91. The van der Waals surface area contributed by atoms with Gasteiger partial charge in [0, 0.05) is 6.61 Å². The van der Waals surface area contributed by atoms with Crippen LogP contribution in [0.1, 0.15) is 58.3 Å². The van der Waals surface area contributed by atoms with Crippen molar-refractivity contribution < 1.29 is 4.74 Å². The van der Waals surface area contributed by atoms with E-state index in [-0.39, 0.29) is 0 Å². The molecular weight excluding hydrogens is 160 g/mol. The first-order valence-corrected chi connectivity index (χ1v) is 5.99. The SMILES string of the molecule is CCCC1CCC2(CCCO2)CC1. The van der Waals surface area contributed by atoms with E-state index in [0.717, 1.165) is 12.5 Å². The summed E-state index contributed by atoms with van der Waals surface area (Å²) in [5, 5.41) is 0. The first-order valence-electron chi connectivity index (χ1n) is 5.99. The highest BCUT2D eigenvalue weighted by Gasteiger charge is 2.38. The summed E-state index contributed by atoms with van der Waals surface area (Å²) < 4.78 is 5.91. The lowest BCUT2D eigenvalue weighted by Crippen LogP contribution is -2.33. The summed E-state index contributed by atoms with van der Waals surface area (Å²) in [6.45, 7) is 3.33. The van der Waals surface area contributed by atoms with E-state index in [1.807, 2.05) is 0 Å². The van der Waals surface area contributed by atoms with Crippen molar-refractivity contribution >= 4 is 0 Å². The van der Waals surface area contributed by atoms with E-state index in [0.29, 0.717) is 5.60 Å². The van der Waals surface area contributed by atoms with Gasteiger partial charge < -0.3 is 4.74 Å². The molecule has 0 bridgehead atoms. The lowest BCUT2D eigenvalue weighted by Gasteiger charge is -2.36. The van der Waals surface area contributed by atoms with Gasteiger partial charge in [-0.1, -0.05) is 19.8 Å². The molecule has 1 heterocycles. The van der Waals surface area contributed by atoms with E-state index in [2.05, 4.69) is 6.92 Å². The second-order valence-electron chi connectivity index (χ2n) is 4.87. The molecule has 0 aromatic rings. The molecule has 13 heavy (non-hydrogen) atoms. The predicted octanol–water partition coefficient (Wildman–Crippen LogP) is 3.53. The Morgan fingerprint density at radius 3 is 2.54 bits per heavy atom. The Kier molecular flexibility index (Phi) is 2.92. The summed E-state index contributed by atoms with van der Waals surface area (Å²) in [6.07, 6.45) is 11.0. The molecule has 0 N–H and O–H groups in total. The monoisotopic (exact) mass is 182 g/mol. The van der Waals surface area contributed by atoms with Gasteiger partial charge in [0.05, 0.1) is 5.60 Å². The molecule has 1 saturated heterocycles. The molecule has 2 rings (SSSR count). The zero-order valence-corrected chi connectivity index (χ0v) is 8.85. The average Bonchev–Trinajstić information content (AvgIpc) is 2.59. The topological polar surface area (TPSA) is 9.23 Å². The Morgan fingerprint density at radius 2 is 2.00 bits per heavy atom. The van der Waals surface area contributed by atoms with Crippen molar-refractivity contribution in [1.29, 1.82) is 0 Å². The van der Waals surface area contributed by atoms with Gasteiger partial charge in [0.2, 0.25) is 0 Å². The van der Waals surface area contributed by atoms with Crippen molar-refractivity contribution in [2.45, 2.75) is 63.9 Å². The molecule has 2 fully saturated rings. The molecule has 0 unspecified atom stereocenters. The molecule has 0 amide bonds. The van der Waals surface area contributed by atoms with E-state index < -0.39 is 0 Å². The van der Waals surface area contributed by atoms with Crippen LogP contribution in [-0.2, 0) is 4.74 Å². The molecule has 1 heteroatoms. The second kappa shape index (κ2) is 4.00. The van der Waals surface area contributed by atoms with E-state index >= 15 is 0 Å². The molecule has 0 atom stereocenters. The van der Waals surface area contributed by atoms with Crippen LogP contribution in [0.5, 0.6) is 0 Å². The van der Waals surface area contributed by atoms with Crippen LogP contribution >= 0.6 is 0 Å². The summed E-state index contributed by atoms with van der Waals surface area (Å²) in [5.41, 5.74) is 0.351. The standard InChI is InChI=1S/C12H22O/c1-2-4-11-5-8-12(9-6-11)7-3-10-13-12/h11H,2-10H2,1H3. The number of hydrogen-bond donors (Lipinski definition) is 0. The van der Waals surface area contributed by atoms with Gasteiger partial charge in [0.25, 0.3) is 0 Å². The molecule has 1 nitrogen and oxygen atoms in total. The molecule has 2 aliphatic rings. The second-order valence-corrected chi connectivity index (χ2v) is 4.87. The van der Waals surface area contributed by atoms with Gasteiger partial charge in [-0.15, -0.1) is 0 Å². The molecule has 0 aromatic heterocycles. The Balaban J connectivity index is 1.81. The lowest BCUT2D eigenvalue weighted by atomic mass is 9.76. The van der Waals surface area contributed by atoms with E-state index in [9.17, 15) is 0 Å². The van der Waals surface area contributed by atoms with Crippen LogP contribution in [0.25, 0.3) is 0 Å². The van der Waals surface area contributed by atoms with Gasteiger partial charge in [-0.3, -0.25) is 0 Å². The summed E-state index contributed by atoms with van der Waals surface area (Å²) in [6, 6.07) is 0. The number of ether oxygens (including phenoxy) is 1. The Hall–Kier alpha value is -0.0400. The van der Waals surface area contributed by atoms with Gasteiger partial charge in [-0.05, 0) is 44.4 Å². The van der Waals surface area contributed by atoms with Crippen LogP contribution < -0.4 is 0 Å². The van der Waals surface area contributed by atoms with Gasteiger partial charge in [-0.2, -0.15) is 0 Å². The smallest absolute Gasteiger partial charge is 0.0683 e. The highest BCUT2D eigenvalue weighted by Crippen LogP contribution is 2.42.